The lowest BCUT2D eigenvalue weighted by atomic mass is 9.83. The van der Waals surface area contributed by atoms with Gasteiger partial charge >= 0.3 is 0 Å². The molecule has 0 saturated heterocycles. The maximum atomic E-state index is 11.0. The number of nitrogens with one attached hydrogen (secondary N) is 1. The Bertz CT molecular complexity index is 474. The van der Waals surface area contributed by atoms with Crippen LogP contribution < -0.4 is 5.32 Å². The van der Waals surface area contributed by atoms with Crippen molar-refractivity contribution >= 4 is 11.4 Å². The number of aliphatic hydroxyl groups is 1. The van der Waals surface area contributed by atoms with Crippen LogP contribution in [0.15, 0.2) is 12.1 Å². The molecule has 0 heterocycles. The number of nitrogens with zero attached hydrogens (tertiary/aromatic N) is 1. The molecule has 5 nitrogen and oxygen atoms in total. The minimum Gasteiger partial charge on any atom is -0.396 e. The van der Waals surface area contributed by atoms with E-state index in [1.807, 2.05) is 26.8 Å². The molecule has 0 aliphatic rings. The molecule has 0 aliphatic heterocycles. The fourth-order valence-corrected chi connectivity index (χ4v) is 2.29. The van der Waals surface area contributed by atoms with Crippen LogP contribution >= 0.6 is 0 Å². The van der Waals surface area contributed by atoms with Gasteiger partial charge in [0, 0.05) is 29.3 Å². The molecule has 0 unspecified atom stereocenters. The van der Waals surface area contributed by atoms with Gasteiger partial charge in [-0.25, -0.2) is 0 Å². The number of aryl methyl sites for hydroxylation is 2. The molecular weight excluding hydrogens is 256 g/mol. The molecule has 2 N–H and O–H groups in total. The van der Waals surface area contributed by atoms with Gasteiger partial charge in [0.15, 0.2) is 0 Å². The standard InChI is InChI=1S/C15H24N2O3/c1-5-15(6-2,10-18)9-16-13-8-14(17(19)20)12(4)7-11(13)3/h7-8,16,18H,5-6,9-10H2,1-4H3. The van der Waals surface area contributed by atoms with Crippen LogP contribution in [0.3, 0.4) is 0 Å². The number of hydrogen-bond donors (Lipinski definition) is 2. The van der Waals surface area contributed by atoms with Gasteiger partial charge in [-0.1, -0.05) is 13.8 Å². The zero-order valence-electron chi connectivity index (χ0n) is 12.7. The van der Waals surface area contributed by atoms with E-state index in [1.165, 1.54) is 0 Å². The summed E-state index contributed by atoms with van der Waals surface area (Å²) in [7, 11) is 0. The van der Waals surface area contributed by atoms with Crippen molar-refractivity contribution in [2.24, 2.45) is 5.41 Å². The fourth-order valence-electron chi connectivity index (χ4n) is 2.29. The predicted octanol–water partition coefficient (Wildman–Crippen LogP) is 3.42. The van der Waals surface area contributed by atoms with E-state index in [0.29, 0.717) is 12.1 Å². The summed E-state index contributed by atoms with van der Waals surface area (Å²) in [6.07, 6.45) is 1.72. The normalized spacial score (nSPS) is 11.4. The molecule has 20 heavy (non-hydrogen) atoms. The van der Waals surface area contributed by atoms with Crippen LogP contribution in [0.4, 0.5) is 11.4 Å². The molecule has 112 valence electrons. The Hall–Kier alpha value is -1.62. The third-order valence-corrected chi connectivity index (χ3v) is 4.23. The van der Waals surface area contributed by atoms with Crippen molar-refractivity contribution in [3.05, 3.63) is 33.4 Å². The lowest BCUT2D eigenvalue weighted by molar-refractivity contribution is -0.385. The van der Waals surface area contributed by atoms with Gasteiger partial charge in [-0.3, -0.25) is 10.1 Å². The highest BCUT2D eigenvalue weighted by atomic mass is 16.6. The highest BCUT2D eigenvalue weighted by Gasteiger charge is 2.25. The van der Waals surface area contributed by atoms with Gasteiger partial charge in [-0.2, -0.15) is 0 Å². The van der Waals surface area contributed by atoms with Crippen molar-refractivity contribution in [1.29, 1.82) is 0 Å². The van der Waals surface area contributed by atoms with E-state index in [1.54, 1.807) is 13.0 Å². The Morgan fingerprint density at radius 2 is 1.85 bits per heavy atom. The van der Waals surface area contributed by atoms with Crippen molar-refractivity contribution in [2.45, 2.75) is 40.5 Å². The van der Waals surface area contributed by atoms with Crippen molar-refractivity contribution < 1.29 is 10.0 Å². The number of aliphatic hydroxyl groups excluding tert-OH is 1. The number of benzene rings is 1. The SMILES string of the molecule is CCC(CC)(CO)CNc1cc([N+](=O)[O-])c(C)cc1C. The van der Waals surface area contributed by atoms with Crippen molar-refractivity contribution in [3.63, 3.8) is 0 Å². The number of nitro groups is 1. The summed E-state index contributed by atoms with van der Waals surface area (Å²) in [5, 5.41) is 23.8. The number of nitro benzene ring substituents is 1. The van der Waals surface area contributed by atoms with Gasteiger partial charge in [-0.05, 0) is 38.3 Å². The highest BCUT2D eigenvalue weighted by molar-refractivity contribution is 5.60. The minimum atomic E-state index is -0.362. The largest absolute Gasteiger partial charge is 0.396 e. The maximum absolute atomic E-state index is 11.0. The van der Waals surface area contributed by atoms with Gasteiger partial charge in [-0.15, -0.1) is 0 Å². The minimum absolute atomic E-state index is 0.111. The lowest BCUT2D eigenvalue weighted by Crippen LogP contribution is -2.32. The first-order valence-electron chi connectivity index (χ1n) is 6.99. The summed E-state index contributed by atoms with van der Waals surface area (Å²) in [4.78, 5) is 10.6. The second-order valence-electron chi connectivity index (χ2n) is 5.43. The van der Waals surface area contributed by atoms with Crippen LogP contribution in [-0.4, -0.2) is 23.2 Å². The monoisotopic (exact) mass is 280 g/mol. The van der Waals surface area contributed by atoms with Gasteiger partial charge < -0.3 is 10.4 Å². The Morgan fingerprint density at radius 3 is 2.30 bits per heavy atom. The second-order valence-corrected chi connectivity index (χ2v) is 5.43. The summed E-state index contributed by atoms with van der Waals surface area (Å²) < 4.78 is 0. The van der Waals surface area contributed by atoms with Gasteiger partial charge in [0.2, 0.25) is 0 Å². The zero-order valence-corrected chi connectivity index (χ0v) is 12.7. The Morgan fingerprint density at radius 1 is 1.25 bits per heavy atom. The Kier molecular flexibility index (Phi) is 5.51. The van der Waals surface area contributed by atoms with Crippen LogP contribution in [0.2, 0.25) is 0 Å². The molecule has 1 aromatic rings. The molecule has 1 rings (SSSR count). The third-order valence-electron chi connectivity index (χ3n) is 4.23. The van der Waals surface area contributed by atoms with Crippen LogP contribution in [0, 0.1) is 29.4 Å². The van der Waals surface area contributed by atoms with Gasteiger partial charge in [0.25, 0.3) is 5.69 Å². The second kappa shape index (κ2) is 6.70. The average molecular weight is 280 g/mol. The molecule has 5 heteroatoms. The van der Waals surface area contributed by atoms with Gasteiger partial charge in [0.05, 0.1) is 11.5 Å². The molecule has 0 saturated carbocycles. The molecule has 0 fully saturated rings. The number of anilines is 1. The van der Waals surface area contributed by atoms with E-state index in [2.05, 4.69) is 5.32 Å². The fraction of sp³-hybridized carbons (Fsp3) is 0.600. The van der Waals surface area contributed by atoms with E-state index in [0.717, 1.165) is 24.1 Å². The quantitative estimate of drug-likeness (QED) is 0.592. The first-order valence-corrected chi connectivity index (χ1v) is 6.99. The number of hydrogen-bond acceptors (Lipinski definition) is 4. The van der Waals surface area contributed by atoms with E-state index < -0.39 is 0 Å². The van der Waals surface area contributed by atoms with Crippen LogP contribution in [0.5, 0.6) is 0 Å². The zero-order chi connectivity index (χ0) is 15.3. The van der Waals surface area contributed by atoms with Gasteiger partial charge in [0.1, 0.15) is 0 Å². The maximum Gasteiger partial charge on any atom is 0.274 e. The topological polar surface area (TPSA) is 75.4 Å². The third kappa shape index (κ3) is 3.48. The van der Waals surface area contributed by atoms with E-state index in [4.69, 9.17) is 0 Å². The van der Waals surface area contributed by atoms with Crippen LogP contribution in [0.1, 0.15) is 37.8 Å². The van der Waals surface area contributed by atoms with Crippen LogP contribution in [-0.2, 0) is 0 Å². The van der Waals surface area contributed by atoms with Crippen molar-refractivity contribution in [3.8, 4) is 0 Å². The van der Waals surface area contributed by atoms with E-state index >= 15 is 0 Å². The average Bonchev–Trinajstić information content (AvgIpc) is 2.42. The van der Waals surface area contributed by atoms with Crippen LogP contribution in [0.25, 0.3) is 0 Å². The summed E-state index contributed by atoms with van der Waals surface area (Å²) in [6.45, 7) is 8.48. The molecule has 0 aliphatic carbocycles. The Labute approximate surface area is 120 Å². The van der Waals surface area contributed by atoms with E-state index in [-0.39, 0.29) is 22.6 Å². The molecule has 0 atom stereocenters. The van der Waals surface area contributed by atoms with Crippen molar-refractivity contribution in [1.82, 2.24) is 0 Å². The molecule has 0 bridgehead atoms. The highest BCUT2D eigenvalue weighted by Crippen LogP contribution is 2.30. The molecule has 0 spiro atoms. The number of rotatable bonds is 7. The smallest absolute Gasteiger partial charge is 0.274 e. The molecular formula is C15H24N2O3. The first kappa shape index (κ1) is 16.4. The van der Waals surface area contributed by atoms with E-state index in [9.17, 15) is 15.2 Å². The van der Waals surface area contributed by atoms with Crippen molar-refractivity contribution in [2.75, 3.05) is 18.5 Å². The molecule has 1 aromatic carbocycles. The molecule has 0 amide bonds. The predicted molar refractivity (Wildman–Crippen MR) is 81.2 cm³/mol. The molecule has 0 radical (unpaired) electrons. The summed E-state index contributed by atoms with van der Waals surface area (Å²) in [5.41, 5.74) is 2.36. The lowest BCUT2D eigenvalue weighted by Gasteiger charge is -2.30. The Balaban J connectivity index is 2.98. The summed E-state index contributed by atoms with van der Waals surface area (Å²) in [5.74, 6) is 0. The summed E-state index contributed by atoms with van der Waals surface area (Å²) >= 11 is 0. The first-order chi connectivity index (χ1) is 9.39. The summed E-state index contributed by atoms with van der Waals surface area (Å²) in [6, 6.07) is 3.40. The molecule has 0 aromatic heterocycles.